The van der Waals surface area contributed by atoms with Crippen molar-refractivity contribution in [2.45, 2.75) is 17.6 Å². The van der Waals surface area contributed by atoms with E-state index in [0.29, 0.717) is 27.9 Å². The van der Waals surface area contributed by atoms with Gasteiger partial charge in [-0.15, -0.1) is 11.8 Å². The van der Waals surface area contributed by atoms with Gasteiger partial charge in [0.15, 0.2) is 5.11 Å². The standard InChI is InChI=1S/C19H15F3N2O2S2/c1-26-14-8-6-13(7-9-14)23-16(25)15-10-28-17(24(15)18(23)27)11-2-4-12(5-3-11)19(20,21)22/h2-9,15,17H,10H2,1H3/t15-,17?/m0/s1. The second-order valence-corrected chi connectivity index (χ2v) is 7.86. The van der Waals surface area contributed by atoms with Crippen LogP contribution in [0.2, 0.25) is 0 Å². The molecule has 2 saturated heterocycles. The third kappa shape index (κ3) is 3.12. The van der Waals surface area contributed by atoms with E-state index in [9.17, 15) is 18.0 Å². The number of benzene rings is 2. The highest BCUT2D eigenvalue weighted by Crippen LogP contribution is 2.46. The van der Waals surface area contributed by atoms with E-state index in [1.807, 2.05) is 4.90 Å². The number of fused-ring (bicyclic) bond motifs is 1. The number of carbonyl (C=O) groups excluding carboxylic acids is 1. The molecule has 2 fully saturated rings. The van der Waals surface area contributed by atoms with Crippen molar-refractivity contribution in [2.24, 2.45) is 0 Å². The summed E-state index contributed by atoms with van der Waals surface area (Å²) in [5, 5.41) is 0.0575. The molecule has 2 heterocycles. The minimum atomic E-state index is -4.38. The summed E-state index contributed by atoms with van der Waals surface area (Å²) in [6, 6.07) is 11.6. The summed E-state index contributed by atoms with van der Waals surface area (Å²) in [5.74, 6) is 1.06. The van der Waals surface area contributed by atoms with Crippen LogP contribution in [-0.4, -0.2) is 34.8 Å². The molecule has 1 amide bonds. The molecule has 0 radical (unpaired) electrons. The maximum absolute atomic E-state index is 12.9. The largest absolute Gasteiger partial charge is 0.497 e. The summed E-state index contributed by atoms with van der Waals surface area (Å²) in [6.07, 6.45) is -4.38. The number of rotatable bonds is 3. The lowest BCUT2D eigenvalue weighted by Gasteiger charge is -2.26. The van der Waals surface area contributed by atoms with E-state index in [2.05, 4.69) is 0 Å². The second kappa shape index (κ2) is 6.97. The third-order valence-electron chi connectivity index (χ3n) is 4.77. The number of carbonyl (C=O) groups is 1. The fourth-order valence-electron chi connectivity index (χ4n) is 3.35. The molecule has 2 aromatic carbocycles. The second-order valence-electron chi connectivity index (χ2n) is 6.38. The Hall–Kier alpha value is -2.26. The first-order chi connectivity index (χ1) is 13.3. The van der Waals surface area contributed by atoms with Crippen LogP contribution < -0.4 is 9.64 Å². The lowest BCUT2D eigenvalue weighted by Crippen LogP contribution is -2.33. The Balaban J connectivity index is 1.61. The number of amides is 1. The van der Waals surface area contributed by atoms with Crippen molar-refractivity contribution in [3.05, 3.63) is 59.7 Å². The van der Waals surface area contributed by atoms with Gasteiger partial charge in [0, 0.05) is 5.75 Å². The predicted molar refractivity (Wildman–Crippen MR) is 105 cm³/mol. The first kappa shape index (κ1) is 19.1. The molecule has 0 spiro atoms. The van der Waals surface area contributed by atoms with Gasteiger partial charge in [-0.05, 0) is 54.2 Å². The maximum Gasteiger partial charge on any atom is 0.416 e. The topological polar surface area (TPSA) is 32.8 Å². The van der Waals surface area contributed by atoms with Crippen molar-refractivity contribution in [1.29, 1.82) is 0 Å². The molecule has 1 unspecified atom stereocenters. The summed E-state index contributed by atoms with van der Waals surface area (Å²) in [5.41, 5.74) is 0.629. The number of thiocarbonyl (C=S) groups is 1. The minimum Gasteiger partial charge on any atom is -0.497 e. The molecule has 2 aromatic rings. The van der Waals surface area contributed by atoms with Crippen LogP contribution in [0.5, 0.6) is 5.75 Å². The molecule has 4 rings (SSSR count). The van der Waals surface area contributed by atoms with Crippen LogP contribution in [0.25, 0.3) is 0 Å². The lowest BCUT2D eigenvalue weighted by molar-refractivity contribution is -0.137. The van der Waals surface area contributed by atoms with E-state index in [-0.39, 0.29) is 11.3 Å². The zero-order chi connectivity index (χ0) is 20.1. The molecule has 0 N–H and O–H groups in total. The molecular formula is C19H15F3N2O2S2. The van der Waals surface area contributed by atoms with Crippen LogP contribution >= 0.6 is 24.0 Å². The van der Waals surface area contributed by atoms with Crippen LogP contribution in [0.4, 0.5) is 18.9 Å². The van der Waals surface area contributed by atoms with Gasteiger partial charge < -0.3 is 9.64 Å². The van der Waals surface area contributed by atoms with Crippen molar-refractivity contribution >= 4 is 40.7 Å². The molecule has 2 aliphatic heterocycles. The molecule has 146 valence electrons. The molecule has 9 heteroatoms. The Morgan fingerprint density at radius 2 is 1.75 bits per heavy atom. The van der Waals surface area contributed by atoms with Gasteiger partial charge in [-0.1, -0.05) is 12.1 Å². The van der Waals surface area contributed by atoms with Crippen LogP contribution in [0.1, 0.15) is 16.5 Å². The van der Waals surface area contributed by atoms with Gasteiger partial charge >= 0.3 is 6.18 Å². The van der Waals surface area contributed by atoms with Crippen molar-refractivity contribution in [2.75, 3.05) is 17.8 Å². The molecule has 0 saturated carbocycles. The van der Waals surface area contributed by atoms with E-state index in [0.717, 1.165) is 12.1 Å². The number of thioether (sulfide) groups is 1. The maximum atomic E-state index is 12.9. The number of anilines is 1. The molecule has 0 aromatic heterocycles. The highest BCUT2D eigenvalue weighted by atomic mass is 32.2. The Bertz CT molecular complexity index is 916. The Kier molecular flexibility index (Phi) is 4.75. The van der Waals surface area contributed by atoms with Gasteiger partial charge in [0.25, 0.3) is 5.91 Å². The van der Waals surface area contributed by atoms with Crippen molar-refractivity contribution in [1.82, 2.24) is 4.90 Å². The number of alkyl halides is 3. The van der Waals surface area contributed by atoms with E-state index in [1.165, 1.54) is 28.8 Å². The average Bonchev–Trinajstić information content (AvgIpc) is 3.22. The first-order valence-electron chi connectivity index (χ1n) is 8.40. The first-order valence-corrected chi connectivity index (χ1v) is 9.86. The van der Waals surface area contributed by atoms with Crippen LogP contribution in [0.15, 0.2) is 48.5 Å². The van der Waals surface area contributed by atoms with Crippen LogP contribution in [-0.2, 0) is 11.0 Å². The van der Waals surface area contributed by atoms with Gasteiger partial charge in [-0.3, -0.25) is 9.69 Å². The number of ether oxygens (including phenoxy) is 1. The monoisotopic (exact) mass is 424 g/mol. The van der Waals surface area contributed by atoms with Gasteiger partial charge in [0.2, 0.25) is 0 Å². The summed E-state index contributed by atoms with van der Waals surface area (Å²) >= 11 is 7.07. The van der Waals surface area contributed by atoms with E-state index in [4.69, 9.17) is 17.0 Å². The fourth-order valence-corrected chi connectivity index (χ4v) is 5.27. The minimum absolute atomic E-state index is 0.128. The van der Waals surface area contributed by atoms with Crippen LogP contribution in [0.3, 0.4) is 0 Å². The number of hydrogen-bond acceptors (Lipinski definition) is 4. The summed E-state index contributed by atoms with van der Waals surface area (Å²) in [4.78, 5) is 16.2. The SMILES string of the molecule is COc1ccc(N2C(=O)[C@@H]3CSC(c4ccc(C(F)(F)F)cc4)N3C2=S)cc1. The molecular weight excluding hydrogens is 409 g/mol. The molecule has 2 atom stereocenters. The number of nitrogens with zero attached hydrogens (tertiary/aromatic N) is 2. The highest BCUT2D eigenvalue weighted by molar-refractivity contribution is 7.99. The molecule has 0 aliphatic carbocycles. The number of methoxy groups -OCH3 is 1. The molecule has 2 aliphatic rings. The smallest absolute Gasteiger partial charge is 0.416 e. The van der Waals surface area contributed by atoms with Crippen molar-refractivity contribution in [3.63, 3.8) is 0 Å². The molecule has 0 bridgehead atoms. The van der Waals surface area contributed by atoms with Gasteiger partial charge in [-0.2, -0.15) is 13.2 Å². The Morgan fingerprint density at radius 1 is 1.11 bits per heavy atom. The molecule has 28 heavy (non-hydrogen) atoms. The molecule has 4 nitrogen and oxygen atoms in total. The van der Waals surface area contributed by atoms with E-state index >= 15 is 0 Å². The zero-order valence-corrected chi connectivity index (χ0v) is 16.3. The summed E-state index contributed by atoms with van der Waals surface area (Å²) in [6.45, 7) is 0. The summed E-state index contributed by atoms with van der Waals surface area (Å²) in [7, 11) is 1.56. The van der Waals surface area contributed by atoms with Gasteiger partial charge in [-0.25, -0.2) is 0 Å². The number of hydrogen-bond donors (Lipinski definition) is 0. The van der Waals surface area contributed by atoms with E-state index in [1.54, 1.807) is 31.4 Å². The normalized spacial score (nSPS) is 22.0. The lowest BCUT2D eigenvalue weighted by atomic mass is 10.1. The quantitative estimate of drug-likeness (QED) is 0.680. The average molecular weight is 424 g/mol. The Labute approximate surface area is 169 Å². The highest BCUT2D eigenvalue weighted by Gasteiger charge is 2.50. The van der Waals surface area contributed by atoms with Gasteiger partial charge in [0.05, 0.1) is 18.4 Å². The summed E-state index contributed by atoms with van der Waals surface area (Å²) < 4.78 is 43.6. The number of halogens is 3. The predicted octanol–water partition coefficient (Wildman–Crippen LogP) is 4.46. The van der Waals surface area contributed by atoms with Crippen molar-refractivity contribution in [3.8, 4) is 5.75 Å². The Morgan fingerprint density at radius 3 is 2.32 bits per heavy atom. The third-order valence-corrected chi connectivity index (χ3v) is 6.49. The van der Waals surface area contributed by atoms with Crippen LogP contribution in [0, 0.1) is 0 Å². The van der Waals surface area contributed by atoms with Crippen molar-refractivity contribution < 1.29 is 22.7 Å². The fraction of sp³-hybridized carbons (Fsp3) is 0.263. The van der Waals surface area contributed by atoms with Gasteiger partial charge in [0.1, 0.15) is 17.2 Å². The zero-order valence-electron chi connectivity index (χ0n) is 14.6. The van der Waals surface area contributed by atoms with E-state index < -0.39 is 17.8 Å².